The fourth-order valence-electron chi connectivity index (χ4n) is 2.19. The Kier molecular flexibility index (Phi) is 4.48. The van der Waals surface area contributed by atoms with Crippen LogP contribution in [0.3, 0.4) is 0 Å². The van der Waals surface area contributed by atoms with E-state index >= 15 is 0 Å². The van der Waals surface area contributed by atoms with Gasteiger partial charge in [-0.2, -0.15) is 0 Å². The zero-order valence-corrected chi connectivity index (χ0v) is 12.4. The van der Waals surface area contributed by atoms with Crippen molar-refractivity contribution in [2.75, 3.05) is 12.4 Å². The van der Waals surface area contributed by atoms with Crippen molar-refractivity contribution in [3.05, 3.63) is 59.2 Å². The van der Waals surface area contributed by atoms with Gasteiger partial charge in [-0.1, -0.05) is 23.8 Å². The summed E-state index contributed by atoms with van der Waals surface area (Å²) in [5.41, 5.74) is 3.52. The second-order valence-corrected chi connectivity index (χ2v) is 5.01. The van der Waals surface area contributed by atoms with Crippen LogP contribution in [0.2, 0.25) is 0 Å². The summed E-state index contributed by atoms with van der Waals surface area (Å²) in [7, 11) is 1.60. The zero-order chi connectivity index (χ0) is 15.4. The lowest BCUT2D eigenvalue weighted by Gasteiger charge is -2.17. The summed E-state index contributed by atoms with van der Waals surface area (Å²) >= 11 is 0. The van der Waals surface area contributed by atoms with Crippen molar-refractivity contribution in [1.82, 2.24) is 0 Å². The first-order chi connectivity index (χ1) is 10.0. The molecule has 0 amide bonds. The molecule has 0 aliphatic carbocycles. The van der Waals surface area contributed by atoms with Crippen molar-refractivity contribution in [2.24, 2.45) is 0 Å². The van der Waals surface area contributed by atoms with Gasteiger partial charge in [-0.05, 0) is 49.2 Å². The number of benzene rings is 2. The molecule has 0 heterocycles. The Hall–Kier alpha value is -2.49. The van der Waals surface area contributed by atoms with Crippen LogP contribution in [-0.4, -0.2) is 18.2 Å². The van der Waals surface area contributed by atoms with E-state index in [9.17, 15) is 9.90 Å². The van der Waals surface area contributed by atoms with Crippen molar-refractivity contribution in [3.8, 4) is 5.75 Å². The number of hydrogen-bond acceptors (Lipinski definition) is 3. The van der Waals surface area contributed by atoms with Crippen molar-refractivity contribution < 1.29 is 14.6 Å². The van der Waals surface area contributed by atoms with Crippen LogP contribution in [0.25, 0.3) is 0 Å². The molecule has 0 radical (unpaired) electrons. The predicted molar refractivity (Wildman–Crippen MR) is 82.9 cm³/mol. The molecule has 110 valence electrons. The van der Waals surface area contributed by atoms with Gasteiger partial charge >= 0.3 is 5.97 Å². The summed E-state index contributed by atoms with van der Waals surface area (Å²) in [6.07, 6.45) is 0. The highest BCUT2D eigenvalue weighted by atomic mass is 16.5. The molecule has 2 aromatic rings. The van der Waals surface area contributed by atoms with E-state index in [1.807, 2.05) is 44.2 Å². The highest BCUT2D eigenvalue weighted by Crippen LogP contribution is 2.25. The third-order valence-corrected chi connectivity index (χ3v) is 3.36. The Bertz CT molecular complexity index is 635. The lowest BCUT2D eigenvalue weighted by molar-refractivity contribution is -0.138. The first-order valence-electron chi connectivity index (χ1n) is 6.72. The SMILES string of the molecule is COc1ccc(C(Nc2ccc(C)cc2)C(=O)O)cc1C. The molecule has 2 aromatic carbocycles. The molecular weight excluding hydrogens is 266 g/mol. The Labute approximate surface area is 124 Å². The molecule has 0 fully saturated rings. The zero-order valence-electron chi connectivity index (χ0n) is 12.4. The average Bonchev–Trinajstić information content (AvgIpc) is 2.46. The van der Waals surface area contributed by atoms with E-state index in [-0.39, 0.29) is 0 Å². The number of aliphatic carboxylic acids is 1. The highest BCUT2D eigenvalue weighted by molar-refractivity contribution is 5.79. The van der Waals surface area contributed by atoms with Gasteiger partial charge in [-0.3, -0.25) is 0 Å². The number of carbonyl (C=O) groups is 1. The van der Waals surface area contributed by atoms with Gasteiger partial charge in [-0.15, -0.1) is 0 Å². The summed E-state index contributed by atoms with van der Waals surface area (Å²) in [5.74, 6) is -0.168. The van der Waals surface area contributed by atoms with E-state index in [0.717, 1.165) is 22.6 Å². The van der Waals surface area contributed by atoms with E-state index in [0.29, 0.717) is 5.56 Å². The Morgan fingerprint density at radius 3 is 2.33 bits per heavy atom. The molecule has 21 heavy (non-hydrogen) atoms. The van der Waals surface area contributed by atoms with E-state index in [4.69, 9.17) is 4.74 Å². The fourth-order valence-corrected chi connectivity index (χ4v) is 2.19. The van der Waals surface area contributed by atoms with Crippen LogP contribution in [0.1, 0.15) is 22.7 Å². The first-order valence-corrected chi connectivity index (χ1v) is 6.72. The summed E-state index contributed by atoms with van der Waals surface area (Å²) in [6.45, 7) is 3.89. The molecular formula is C17H19NO3. The number of aryl methyl sites for hydroxylation is 2. The molecule has 0 aliphatic heterocycles. The molecule has 0 saturated carbocycles. The van der Waals surface area contributed by atoms with Gasteiger partial charge in [0.1, 0.15) is 5.75 Å². The van der Waals surface area contributed by atoms with Crippen LogP contribution >= 0.6 is 0 Å². The predicted octanol–water partition coefficient (Wildman–Crippen LogP) is 3.55. The molecule has 0 bridgehead atoms. The first kappa shape index (κ1) is 14.9. The third kappa shape index (κ3) is 3.54. The molecule has 4 heteroatoms. The number of anilines is 1. The molecule has 4 nitrogen and oxygen atoms in total. The van der Waals surface area contributed by atoms with Crippen molar-refractivity contribution in [3.63, 3.8) is 0 Å². The van der Waals surface area contributed by atoms with Gasteiger partial charge < -0.3 is 15.2 Å². The van der Waals surface area contributed by atoms with Crippen LogP contribution in [-0.2, 0) is 4.79 Å². The van der Waals surface area contributed by atoms with Crippen LogP contribution in [0.4, 0.5) is 5.69 Å². The second kappa shape index (κ2) is 6.31. The molecule has 2 N–H and O–H groups in total. The third-order valence-electron chi connectivity index (χ3n) is 3.36. The number of carboxylic acid groups (broad SMARTS) is 1. The number of ether oxygens (including phenoxy) is 1. The summed E-state index contributed by atoms with van der Waals surface area (Å²) in [4.78, 5) is 11.5. The summed E-state index contributed by atoms with van der Waals surface area (Å²) in [5, 5.41) is 12.5. The van der Waals surface area contributed by atoms with E-state index < -0.39 is 12.0 Å². The fraction of sp³-hybridized carbons (Fsp3) is 0.235. The minimum absolute atomic E-state index is 0.696. The van der Waals surface area contributed by atoms with Crippen LogP contribution < -0.4 is 10.1 Å². The summed E-state index contributed by atoms with van der Waals surface area (Å²) in [6, 6.07) is 12.2. The highest BCUT2D eigenvalue weighted by Gasteiger charge is 2.20. The number of carboxylic acids is 1. The lowest BCUT2D eigenvalue weighted by Crippen LogP contribution is -2.20. The normalized spacial score (nSPS) is 11.8. The molecule has 0 aliphatic rings. The minimum atomic E-state index is -0.917. The van der Waals surface area contributed by atoms with Gasteiger partial charge in [0.15, 0.2) is 6.04 Å². The Morgan fingerprint density at radius 1 is 1.14 bits per heavy atom. The largest absolute Gasteiger partial charge is 0.496 e. The van der Waals surface area contributed by atoms with Crippen LogP contribution in [0.15, 0.2) is 42.5 Å². The van der Waals surface area contributed by atoms with Crippen molar-refractivity contribution in [1.29, 1.82) is 0 Å². The second-order valence-electron chi connectivity index (χ2n) is 5.01. The minimum Gasteiger partial charge on any atom is -0.496 e. The maximum Gasteiger partial charge on any atom is 0.330 e. The van der Waals surface area contributed by atoms with Gasteiger partial charge in [0.2, 0.25) is 0 Å². The van der Waals surface area contributed by atoms with Crippen LogP contribution in [0.5, 0.6) is 5.75 Å². The quantitative estimate of drug-likeness (QED) is 0.882. The van der Waals surface area contributed by atoms with Crippen molar-refractivity contribution in [2.45, 2.75) is 19.9 Å². The Balaban J connectivity index is 2.28. The lowest BCUT2D eigenvalue weighted by atomic mass is 10.0. The van der Waals surface area contributed by atoms with Crippen LogP contribution in [0, 0.1) is 13.8 Å². The average molecular weight is 285 g/mol. The molecule has 0 aromatic heterocycles. The van der Waals surface area contributed by atoms with E-state index in [1.54, 1.807) is 19.2 Å². The maximum absolute atomic E-state index is 11.5. The monoisotopic (exact) mass is 285 g/mol. The van der Waals surface area contributed by atoms with Gasteiger partial charge in [0.25, 0.3) is 0 Å². The molecule has 1 unspecified atom stereocenters. The van der Waals surface area contributed by atoms with Gasteiger partial charge in [0.05, 0.1) is 7.11 Å². The van der Waals surface area contributed by atoms with Gasteiger partial charge in [-0.25, -0.2) is 4.79 Å². The topological polar surface area (TPSA) is 58.6 Å². The smallest absolute Gasteiger partial charge is 0.330 e. The van der Waals surface area contributed by atoms with Gasteiger partial charge in [0, 0.05) is 5.69 Å². The summed E-state index contributed by atoms with van der Waals surface area (Å²) < 4.78 is 5.20. The number of methoxy groups -OCH3 is 1. The molecule has 1 atom stereocenters. The number of hydrogen-bond donors (Lipinski definition) is 2. The maximum atomic E-state index is 11.5. The standard InChI is InChI=1S/C17H19NO3/c1-11-4-7-14(8-5-11)18-16(17(19)20)13-6-9-15(21-3)12(2)10-13/h4-10,16,18H,1-3H3,(H,19,20). The van der Waals surface area contributed by atoms with E-state index in [2.05, 4.69) is 5.32 Å². The molecule has 0 saturated heterocycles. The molecule has 0 spiro atoms. The van der Waals surface area contributed by atoms with Crippen molar-refractivity contribution >= 4 is 11.7 Å². The Morgan fingerprint density at radius 2 is 1.81 bits per heavy atom. The number of nitrogens with one attached hydrogen (secondary N) is 1. The molecule has 2 rings (SSSR count). The number of rotatable bonds is 5. The van der Waals surface area contributed by atoms with E-state index in [1.165, 1.54) is 0 Å².